The molecule has 0 fully saturated rings. The molecule has 0 amide bonds. The van der Waals surface area contributed by atoms with E-state index >= 15 is 0 Å². The van der Waals surface area contributed by atoms with Crippen molar-refractivity contribution < 1.29 is 9.13 Å². The molecule has 0 unspecified atom stereocenters. The van der Waals surface area contributed by atoms with Gasteiger partial charge in [-0.25, -0.2) is 14.4 Å². The second-order valence-corrected chi connectivity index (χ2v) is 3.46. The topological polar surface area (TPSA) is 61.0 Å². The Kier molecular flexibility index (Phi) is 3.18. The number of aryl methyl sites for hydroxylation is 1. The third-order valence-corrected chi connectivity index (χ3v) is 2.26. The predicted octanol–water partition coefficient (Wildman–Crippen LogP) is 2.55. The maximum absolute atomic E-state index is 13.5. The highest BCUT2D eigenvalue weighted by Gasteiger charge is 2.09. The van der Waals surface area contributed by atoms with Crippen LogP contribution in [0.15, 0.2) is 30.6 Å². The van der Waals surface area contributed by atoms with E-state index in [4.69, 9.17) is 10.5 Å². The Labute approximate surface area is 98.3 Å². The summed E-state index contributed by atoms with van der Waals surface area (Å²) in [6.45, 7) is 1.96. The Hall–Kier alpha value is -2.17. The molecule has 1 heterocycles. The Morgan fingerprint density at radius 2 is 2.18 bits per heavy atom. The van der Waals surface area contributed by atoms with Gasteiger partial charge in [0, 0.05) is 11.8 Å². The van der Waals surface area contributed by atoms with Crippen molar-refractivity contribution in [2.45, 2.75) is 13.3 Å². The highest BCUT2D eigenvalue weighted by Crippen LogP contribution is 2.29. The maximum atomic E-state index is 13.5. The summed E-state index contributed by atoms with van der Waals surface area (Å²) in [5.74, 6) is -0.233. The summed E-state index contributed by atoms with van der Waals surface area (Å²) in [7, 11) is 0. The molecule has 0 radical (unpaired) electrons. The number of nitrogens with two attached hydrogens (primary N) is 1. The van der Waals surface area contributed by atoms with Gasteiger partial charge in [-0.05, 0) is 18.6 Å². The fraction of sp³-hybridized carbons (Fsp3) is 0.167. The van der Waals surface area contributed by atoms with Crippen LogP contribution in [0.3, 0.4) is 0 Å². The summed E-state index contributed by atoms with van der Waals surface area (Å²) in [4.78, 5) is 7.94. The number of rotatable bonds is 3. The minimum atomic E-state index is -0.512. The van der Waals surface area contributed by atoms with Crippen LogP contribution in [-0.2, 0) is 6.42 Å². The average molecular weight is 233 g/mol. The van der Waals surface area contributed by atoms with Gasteiger partial charge in [0.1, 0.15) is 6.33 Å². The van der Waals surface area contributed by atoms with E-state index in [0.29, 0.717) is 0 Å². The van der Waals surface area contributed by atoms with E-state index in [1.165, 1.54) is 18.5 Å². The molecule has 5 heteroatoms. The van der Waals surface area contributed by atoms with Gasteiger partial charge in [0.15, 0.2) is 11.6 Å². The number of anilines is 1. The number of aromatic nitrogens is 2. The van der Waals surface area contributed by atoms with Crippen LogP contribution in [0.4, 0.5) is 10.1 Å². The first-order valence-electron chi connectivity index (χ1n) is 5.23. The van der Waals surface area contributed by atoms with Crippen LogP contribution < -0.4 is 10.5 Å². The summed E-state index contributed by atoms with van der Waals surface area (Å²) in [6.07, 6.45) is 2.14. The molecule has 0 saturated carbocycles. The standard InChI is InChI=1S/C12H12FN3O/c1-2-8-6-11(16-7-15-8)17-12-9(13)4-3-5-10(12)14/h3-7H,2,14H2,1H3. The molecular formula is C12H12FN3O. The second-order valence-electron chi connectivity index (χ2n) is 3.46. The Bertz CT molecular complexity index is 511. The van der Waals surface area contributed by atoms with Crippen molar-refractivity contribution in [2.75, 3.05) is 5.73 Å². The molecular weight excluding hydrogens is 221 g/mol. The van der Waals surface area contributed by atoms with Crippen molar-refractivity contribution in [3.05, 3.63) is 42.1 Å². The lowest BCUT2D eigenvalue weighted by molar-refractivity contribution is 0.428. The monoisotopic (exact) mass is 233 g/mol. The Balaban J connectivity index is 2.31. The summed E-state index contributed by atoms with van der Waals surface area (Å²) in [5, 5.41) is 0. The van der Waals surface area contributed by atoms with E-state index in [0.717, 1.165) is 12.1 Å². The van der Waals surface area contributed by atoms with Gasteiger partial charge < -0.3 is 10.5 Å². The summed E-state index contributed by atoms with van der Waals surface area (Å²) < 4.78 is 18.8. The van der Waals surface area contributed by atoms with E-state index in [2.05, 4.69) is 9.97 Å². The molecule has 2 rings (SSSR count). The van der Waals surface area contributed by atoms with Gasteiger partial charge >= 0.3 is 0 Å². The number of nitrogen functional groups attached to an aromatic ring is 1. The van der Waals surface area contributed by atoms with Crippen molar-refractivity contribution in [3.63, 3.8) is 0 Å². The van der Waals surface area contributed by atoms with Crippen LogP contribution in [0.5, 0.6) is 11.6 Å². The minimum Gasteiger partial charge on any atom is -0.434 e. The number of ether oxygens (including phenoxy) is 1. The lowest BCUT2D eigenvalue weighted by atomic mass is 10.3. The Morgan fingerprint density at radius 3 is 2.88 bits per heavy atom. The fourth-order valence-corrected chi connectivity index (χ4v) is 1.36. The molecule has 17 heavy (non-hydrogen) atoms. The largest absolute Gasteiger partial charge is 0.434 e. The molecule has 0 saturated heterocycles. The van der Waals surface area contributed by atoms with Crippen molar-refractivity contribution in [1.29, 1.82) is 0 Å². The number of nitrogens with zero attached hydrogens (tertiary/aromatic N) is 2. The summed E-state index contributed by atoms with van der Waals surface area (Å²) in [5.41, 5.74) is 6.69. The number of para-hydroxylation sites is 1. The first-order chi connectivity index (χ1) is 8.20. The SMILES string of the molecule is CCc1cc(Oc2c(N)cccc2F)ncn1. The van der Waals surface area contributed by atoms with Crippen LogP contribution in [0.25, 0.3) is 0 Å². The zero-order chi connectivity index (χ0) is 12.3. The number of hydrogen-bond donors (Lipinski definition) is 1. The van der Waals surface area contributed by atoms with Crippen LogP contribution in [0.1, 0.15) is 12.6 Å². The second kappa shape index (κ2) is 4.78. The van der Waals surface area contributed by atoms with Crippen molar-refractivity contribution >= 4 is 5.69 Å². The first-order valence-corrected chi connectivity index (χ1v) is 5.23. The molecule has 2 N–H and O–H groups in total. The molecule has 4 nitrogen and oxygen atoms in total. The van der Waals surface area contributed by atoms with Gasteiger partial charge in [-0.3, -0.25) is 0 Å². The van der Waals surface area contributed by atoms with E-state index in [1.54, 1.807) is 12.1 Å². The Morgan fingerprint density at radius 1 is 1.35 bits per heavy atom. The van der Waals surface area contributed by atoms with Gasteiger partial charge in [0.2, 0.25) is 5.88 Å². The number of hydrogen-bond acceptors (Lipinski definition) is 4. The molecule has 2 aromatic rings. The summed E-state index contributed by atoms with van der Waals surface area (Å²) >= 11 is 0. The number of halogens is 1. The number of benzene rings is 1. The quantitative estimate of drug-likeness (QED) is 0.827. The average Bonchev–Trinajstić information content (AvgIpc) is 2.34. The normalized spacial score (nSPS) is 10.2. The first kappa shape index (κ1) is 11.3. The molecule has 0 aliphatic heterocycles. The highest BCUT2D eigenvalue weighted by atomic mass is 19.1. The third kappa shape index (κ3) is 2.50. The zero-order valence-electron chi connectivity index (χ0n) is 9.35. The van der Waals surface area contributed by atoms with Crippen LogP contribution in [0, 0.1) is 5.82 Å². The van der Waals surface area contributed by atoms with E-state index in [-0.39, 0.29) is 17.3 Å². The molecule has 0 aliphatic rings. The minimum absolute atomic E-state index is 0.00625. The van der Waals surface area contributed by atoms with Crippen molar-refractivity contribution in [2.24, 2.45) is 0 Å². The molecule has 0 aliphatic carbocycles. The maximum Gasteiger partial charge on any atom is 0.222 e. The third-order valence-electron chi connectivity index (χ3n) is 2.26. The van der Waals surface area contributed by atoms with E-state index < -0.39 is 5.82 Å². The van der Waals surface area contributed by atoms with E-state index in [9.17, 15) is 4.39 Å². The highest BCUT2D eigenvalue weighted by molar-refractivity contribution is 5.53. The van der Waals surface area contributed by atoms with Gasteiger partial charge in [-0.1, -0.05) is 13.0 Å². The molecule has 88 valence electrons. The fourth-order valence-electron chi connectivity index (χ4n) is 1.36. The predicted molar refractivity (Wildman–Crippen MR) is 62.3 cm³/mol. The lowest BCUT2D eigenvalue weighted by Crippen LogP contribution is -1.98. The van der Waals surface area contributed by atoms with Gasteiger partial charge in [-0.15, -0.1) is 0 Å². The lowest BCUT2D eigenvalue weighted by Gasteiger charge is -2.08. The summed E-state index contributed by atoms with van der Waals surface area (Å²) in [6, 6.07) is 6.04. The van der Waals surface area contributed by atoms with E-state index in [1.807, 2.05) is 6.92 Å². The van der Waals surface area contributed by atoms with Gasteiger partial charge in [-0.2, -0.15) is 0 Å². The van der Waals surface area contributed by atoms with Gasteiger partial charge in [0.05, 0.1) is 5.69 Å². The zero-order valence-corrected chi connectivity index (χ0v) is 9.35. The molecule has 0 atom stereocenters. The van der Waals surface area contributed by atoms with Crippen LogP contribution >= 0.6 is 0 Å². The van der Waals surface area contributed by atoms with Crippen molar-refractivity contribution in [3.8, 4) is 11.6 Å². The van der Waals surface area contributed by atoms with Crippen molar-refractivity contribution in [1.82, 2.24) is 9.97 Å². The van der Waals surface area contributed by atoms with Crippen LogP contribution in [-0.4, -0.2) is 9.97 Å². The molecule has 1 aromatic carbocycles. The molecule has 1 aromatic heterocycles. The van der Waals surface area contributed by atoms with Gasteiger partial charge in [0.25, 0.3) is 0 Å². The smallest absolute Gasteiger partial charge is 0.222 e. The molecule has 0 spiro atoms. The molecule has 0 bridgehead atoms. The van der Waals surface area contributed by atoms with Crippen LogP contribution in [0.2, 0.25) is 0 Å².